The summed E-state index contributed by atoms with van der Waals surface area (Å²) in [5.41, 5.74) is 2.69. The molecule has 0 radical (unpaired) electrons. The van der Waals surface area contributed by atoms with E-state index in [2.05, 4.69) is 65.9 Å². The van der Waals surface area contributed by atoms with Crippen molar-refractivity contribution in [2.45, 2.75) is 104 Å². The van der Waals surface area contributed by atoms with Crippen molar-refractivity contribution < 1.29 is 4.43 Å². The molecule has 0 aromatic rings. The van der Waals surface area contributed by atoms with Crippen LogP contribution in [0.2, 0.25) is 18.1 Å². The molecular formula is C25H42OSi. The van der Waals surface area contributed by atoms with Gasteiger partial charge in [0, 0.05) is 6.10 Å². The predicted molar refractivity (Wildman–Crippen MR) is 118 cm³/mol. The van der Waals surface area contributed by atoms with E-state index in [1.54, 1.807) is 5.57 Å². The molecule has 3 unspecified atom stereocenters. The minimum Gasteiger partial charge on any atom is -0.414 e. The molecule has 27 heavy (non-hydrogen) atoms. The number of rotatable bonds is 2. The summed E-state index contributed by atoms with van der Waals surface area (Å²) < 4.78 is 6.85. The lowest BCUT2D eigenvalue weighted by Gasteiger charge is -2.57. The fourth-order valence-corrected chi connectivity index (χ4v) is 8.19. The van der Waals surface area contributed by atoms with E-state index in [4.69, 9.17) is 4.43 Å². The van der Waals surface area contributed by atoms with E-state index in [9.17, 15) is 0 Å². The lowest BCUT2D eigenvalue weighted by molar-refractivity contribution is -0.0249. The Morgan fingerprint density at radius 2 is 1.78 bits per heavy atom. The lowest BCUT2D eigenvalue weighted by atomic mass is 9.48. The second-order valence-electron chi connectivity index (χ2n) is 12.2. The van der Waals surface area contributed by atoms with Crippen LogP contribution in [0.4, 0.5) is 0 Å². The highest BCUT2D eigenvalue weighted by Crippen LogP contribution is 2.63. The summed E-state index contributed by atoms with van der Waals surface area (Å²) in [6.45, 7) is 17.1. The van der Waals surface area contributed by atoms with Gasteiger partial charge in [-0.05, 0) is 91.7 Å². The molecule has 2 heteroatoms. The van der Waals surface area contributed by atoms with Crippen molar-refractivity contribution in [1.29, 1.82) is 0 Å². The van der Waals surface area contributed by atoms with Gasteiger partial charge in [-0.3, -0.25) is 0 Å². The highest BCUT2D eigenvalue weighted by molar-refractivity contribution is 6.74. The molecule has 0 amide bonds. The zero-order valence-electron chi connectivity index (χ0n) is 18.9. The molecule has 0 heterocycles. The van der Waals surface area contributed by atoms with Crippen molar-refractivity contribution >= 4 is 8.32 Å². The maximum absolute atomic E-state index is 6.85. The molecule has 4 rings (SSSR count). The number of allylic oxidation sites excluding steroid dienone is 3. The summed E-state index contributed by atoms with van der Waals surface area (Å²) in [7, 11) is -1.67. The largest absolute Gasteiger partial charge is 0.414 e. The van der Waals surface area contributed by atoms with Crippen LogP contribution in [0, 0.1) is 28.6 Å². The SMILES string of the molecule is CC(C)(C)[Si](C)(C)O[C@H]1CC[C@@]2(C)C(=CCC3C4CC=C[C@@]4(C)CCC32)C1. The molecular weight excluding hydrogens is 344 g/mol. The highest BCUT2D eigenvalue weighted by atomic mass is 28.4. The third-order valence-corrected chi connectivity index (χ3v) is 14.2. The van der Waals surface area contributed by atoms with E-state index in [1.807, 2.05) is 0 Å². The van der Waals surface area contributed by atoms with Crippen molar-refractivity contribution in [1.82, 2.24) is 0 Å². The summed E-state index contributed by atoms with van der Waals surface area (Å²) in [6.07, 6.45) is 17.5. The van der Waals surface area contributed by atoms with Crippen molar-refractivity contribution in [2.75, 3.05) is 0 Å². The van der Waals surface area contributed by atoms with Gasteiger partial charge in [0.25, 0.3) is 0 Å². The third-order valence-electron chi connectivity index (χ3n) is 9.65. The van der Waals surface area contributed by atoms with Gasteiger partial charge in [0.15, 0.2) is 8.32 Å². The Balaban J connectivity index is 1.52. The normalized spacial score (nSPS) is 44.3. The predicted octanol–water partition coefficient (Wildman–Crippen LogP) is 7.51. The first-order valence-electron chi connectivity index (χ1n) is 11.5. The van der Waals surface area contributed by atoms with Gasteiger partial charge in [-0.25, -0.2) is 0 Å². The van der Waals surface area contributed by atoms with Crippen LogP contribution < -0.4 is 0 Å². The van der Waals surface area contributed by atoms with Crippen LogP contribution >= 0.6 is 0 Å². The Morgan fingerprint density at radius 1 is 1.04 bits per heavy atom. The van der Waals surface area contributed by atoms with Crippen LogP contribution in [0.5, 0.6) is 0 Å². The number of fused-ring (bicyclic) bond motifs is 5. The first-order valence-corrected chi connectivity index (χ1v) is 14.4. The number of hydrogen-bond acceptors (Lipinski definition) is 1. The van der Waals surface area contributed by atoms with Gasteiger partial charge in [0.1, 0.15) is 0 Å². The molecule has 0 aromatic carbocycles. The fraction of sp³-hybridized carbons (Fsp3) is 0.840. The summed E-state index contributed by atoms with van der Waals surface area (Å²) >= 11 is 0. The van der Waals surface area contributed by atoms with E-state index in [0.717, 1.165) is 17.8 Å². The molecule has 0 bridgehead atoms. The van der Waals surface area contributed by atoms with Crippen LogP contribution in [-0.2, 0) is 4.43 Å². The molecule has 1 nitrogen and oxygen atoms in total. The van der Waals surface area contributed by atoms with Gasteiger partial charge in [0.05, 0.1) is 0 Å². The molecule has 0 saturated heterocycles. The molecule has 152 valence electrons. The maximum atomic E-state index is 6.85. The Kier molecular flexibility index (Phi) is 4.67. The van der Waals surface area contributed by atoms with Gasteiger partial charge in [0.2, 0.25) is 0 Å². The molecule has 0 aliphatic heterocycles. The van der Waals surface area contributed by atoms with E-state index in [0.29, 0.717) is 22.0 Å². The van der Waals surface area contributed by atoms with Crippen molar-refractivity contribution in [3.05, 3.63) is 23.8 Å². The maximum Gasteiger partial charge on any atom is 0.192 e. The van der Waals surface area contributed by atoms with Gasteiger partial charge < -0.3 is 4.43 Å². The monoisotopic (exact) mass is 386 g/mol. The van der Waals surface area contributed by atoms with E-state index < -0.39 is 8.32 Å². The quantitative estimate of drug-likeness (QED) is 0.352. The van der Waals surface area contributed by atoms with Crippen LogP contribution in [-0.4, -0.2) is 14.4 Å². The summed E-state index contributed by atoms with van der Waals surface area (Å²) in [6, 6.07) is 0. The Labute approximate surface area is 169 Å². The summed E-state index contributed by atoms with van der Waals surface area (Å²) in [5.74, 6) is 2.71. The molecule has 4 aliphatic carbocycles. The van der Waals surface area contributed by atoms with Crippen LogP contribution in [0.1, 0.15) is 79.6 Å². The topological polar surface area (TPSA) is 9.23 Å². The van der Waals surface area contributed by atoms with Crippen LogP contribution in [0.15, 0.2) is 23.8 Å². The van der Waals surface area contributed by atoms with Crippen molar-refractivity contribution in [3.8, 4) is 0 Å². The highest BCUT2D eigenvalue weighted by Gasteiger charge is 2.55. The molecule has 2 saturated carbocycles. The fourth-order valence-electron chi connectivity index (χ4n) is 6.80. The first-order chi connectivity index (χ1) is 12.5. The Morgan fingerprint density at radius 3 is 2.48 bits per heavy atom. The van der Waals surface area contributed by atoms with E-state index in [-0.39, 0.29) is 0 Å². The smallest absolute Gasteiger partial charge is 0.192 e. The molecule has 4 aliphatic rings. The van der Waals surface area contributed by atoms with Crippen molar-refractivity contribution in [2.24, 2.45) is 28.6 Å². The number of hydrogen-bond donors (Lipinski definition) is 0. The van der Waals surface area contributed by atoms with Crippen molar-refractivity contribution in [3.63, 3.8) is 0 Å². The third kappa shape index (κ3) is 3.14. The zero-order chi connectivity index (χ0) is 19.7. The standard InChI is InChI=1S/C25H42OSi/c1-23(2,3)27(6,7)26-19-12-16-25(5)18(17-19)10-11-20-21-9-8-14-24(21,4)15-13-22(20)25/h8,10,14,19-22H,9,11-13,15-17H2,1-7H3/t19-,20?,21?,22?,24-,25-/m0/s1. The van der Waals surface area contributed by atoms with Gasteiger partial charge in [-0.2, -0.15) is 0 Å². The second kappa shape index (κ2) is 6.33. The van der Waals surface area contributed by atoms with Crippen LogP contribution in [0.25, 0.3) is 0 Å². The van der Waals surface area contributed by atoms with Gasteiger partial charge >= 0.3 is 0 Å². The average molecular weight is 387 g/mol. The molecule has 2 fully saturated rings. The van der Waals surface area contributed by atoms with E-state index in [1.165, 1.54) is 44.9 Å². The molecule has 6 atom stereocenters. The second-order valence-corrected chi connectivity index (χ2v) is 16.9. The molecule has 0 spiro atoms. The van der Waals surface area contributed by atoms with Gasteiger partial charge in [-0.1, -0.05) is 58.4 Å². The van der Waals surface area contributed by atoms with Crippen LogP contribution in [0.3, 0.4) is 0 Å². The summed E-state index contributed by atoms with van der Waals surface area (Å²) in [4.78, 5) is 0. The lowest BCUT2D eigenvalue weighted by Crippen LogP contribution is -2.51. The Hall–Kier alpha value is -0.343. The minimum absolute atomic E-state index is 0.309. The molecule has 0 aromatic heterocycles. The molecule has 0 N–H and O–H groups in total. The minimum atomic E-state index is -1.67. The Bertz CT molecular complexity index is 654. The summed E-state index contributed by atoms with van der Waals surface area (Å²) in [5, 5.41) is 0.309. The van der Waals surface area contributed by atoms with E-state index >= 15 is 0 Å². The van der Waals surface area contributed by atoms with Gasteiger partial charge in [-0.15, -0.1) is 0 Å². The zero-order valence-corrected chi connectivity index (χ0v) is 19.9. The average Bonchev–Trinajstić information content (AvgIpc) is 2.95. The first kappa shape index (κ1) is 20.0.